The highest BCUT2D eigenvalue weighted by Gasteiger charge is 2.15. The third-order valence-corrected chi connectivity index (χ3v) is 2.25. The first-order valence-corrected chi connectivity index (χ1v) is 6.18. The van der Waals surface area contributed by atoms with Gasteiger partial charge in [-0.1, -0.05) is 48.5 Å². The molecule has 1 nitrogen and oxygen atoms in total. The maximum absolute atomic E-state index is 5.68. The van der Waals surface area contributed by atoms with Crippen molar-refractivity contribution >= 4 is 0 Å². The minimum atomic E-state index is 0.299. The maximum Gasteiger partial charge on any atom is 0.0514 e. The van der Waals surface area contributed by atoms with Crippen LogP contribution in [0.3, 0.4) is 0 Å². The van der Waals surface area contributed by atoms with Crippen molar-refractivity contribution in [3.8, 4) is 0 Å². The molecule has 0 aliphatic rings. The van der Waals surface area contributed by atoms with Crippen LogP contribution in [0, 0.1) is 16.7 Å². The quantitative estimate of drug-likeness (QED) is 0.612. The fourth-order valence-electron chi connectivity index (χ4n) is 1.81. The Kier molecular flexibility index (Phi) is 5.87. The molecule has 15 heavy (non-hydrogen) atoms. The molecule has 0 radical (unpaired) electrons. The lowest BCUT2D eigenvalue weighted by Crippen LogP contribution is -2.17. The zero-order chi connectivity index (χ0) is 12.1. The van der Waals surface area contributed by atoms with E-state index < -0.39 is 0 Å². The van der Waals surface area contributed by atoms with Crippen molar-refractivity contribution in [2.45, 2.75) is 61.3 Å². The lowest BCUT2D eigenvalue weighted by atomic mass is 9.84. The van der Waals surface area contributed by atoms with Crippen molar-refractivity contribution in [2.24, 2.45) is 16.7 Å². The Hall–Kier alpha value is -0.0400. The highest BCUT2D eigenvalue weighted by Crippen LogP contribution is 2.26. The van der Waals surface area contributed by atoms with E-state index in [9.17, 15) is 0 Å². The average molecular weight is 214 g/mol. The van der Waals surface area contributed by atoms with E-state index in [0.717, 1.165) is 19.1 Å². The summed E-state index contributed by atoms with van der Waals surface area (Å²) in [6.45, 7) is 17.7. The van der Waals surface area contributed by atoms with Crippen LogP contribution >= 0.6 is 0 Å². The van der Waals surface area contributed by atoms with Crippen LogP contribution in [0.2, 0.25) is 0 Å². The molecular formula is C14H30O. The second kappa shape index (κ2) is 5.89. The van der Waals surface area contributed by atoms with Crippen LogP contribution in [0.1, 0.15) is 61.3 Å². The van der Waals surface area contributed by atoms with Gasteiger partial charge in [0.05, 0.1) is 6.61 Å². The zero-order valence-electron chi connectivity index (χ0n) is 11.8. The van der Waals surface area contributed by atoms with Crippen molar-refractivity contribution in [1.29, 1.82) is 0 Å². The van der Waals surface area contributed by atoms with Crippen LogP contribution in [-0.2, 0) is 4.74 Å². The fraction of sp³-hybridized carbons (Fsp3) is 1.00. The smallest absolute Gasteiger partial charge is 0.0514 e. The Labute approximate surface area is 96.6 Å². The van der Waals surface area contributed by atoms with Crippen LogP contribution in [-0.4, -0.2) is 13.2 Å². The lowest BCUT2D eigenvalue weighted by Gasteiger charge is -2.24. The predicted molar refractivity (Wildman–Crippen MR) is 68.1 cm³/mol. The summed E-state index contributed by atoms with van der Waals surface area (Å²) in [5.41, 5.74) is 0.747. The van der Waals surface area contributed by atoms with Crippen LogP contribution in [0.25, 0.3) is 0 Å². The molecule has 0 saturated heterocycles. The molecule has 0 aromatic heterocycles. The van der Waals surface area contributed by atoms with E-state index in [1.54, 1.807) is 0 Å². The van der Waals surface area contributed by atoms with Crippen molar-refractivity contribution in [1.82, 2.24) is 0 Å². The third kappa shape index (κ3) is 11.9. The second-order valence-electron chi connectivity index (χ2n) is 7.27. The Morgan fingerprint density at radius 2 is 1.47 bits per heavy atom. The molecule has 0 saturated carbocycles. The minimum Gasteiger partial charge on any atom is -0.381 e. The first-order chi connectivity index (χ1) is 6.60. The molecule has 1 heteroatoms. The molecule has 0 rings (SSSR count). The Bertz CT molecular complexity index is 159. The van der Waals surface area contributed by atoms with Gasteiger partial charge in [-0.25, -0.2) is 0 Å². The normalized spacial score (nSPS) is 15.4. The summed E-state index contributed by atoms with van der Waals surface area (Å²) in [5.74, 6) is 0.768. The predicted octanol–water partition coefficient (Wildman–Crippen LogP) is 4.51. The van der Waals surface area contributed by atoms with Gasteiger partial charge < -0.3 is 4.74 Å². The van der Waals surface area contributed by atoms with Gasteiger partial charge in [0.1, 0.15) is 0 Å². The largest absolute Gasteiger partial charge is 0.381 e. The van der Waals surface area contributed by atoms with Crippen molar-refractivity contribution in [2.75, 3.05) is 13.2 Å². The highest BCUT2D eigenvalue weighted by atomic mass is 16.5. The Morgan fingerprint density at radius 1 is 0.933 bits per heavy atom. The van der Waals surface area contributed by atoms with Crippen LogP contribution in [0.4, 0.5) is 0 Å². The summed E-state index contributed by atoms with van der Waals surface area (Å²) in [5, 5.41) is 0. The molecule has 0 amide bonds. The van der Waals surface area contributed by atoms with Gasteiger partial charge in [-0.2, -0.15) is 0 Å². The first-order valence-electron chi connectivity index (χ1n) is 6.18. The van der Waals surface area contributed by atoms with E-state index >= 15 is 0 Å². The maximum atomic E-state index is 5.68. The lowest BCUT2D eigenvalue weighted by molar-refractivity contribution is 0.0606. The molecule has 92 valence electrons. The highest BCUT2D eigenvalue weighted by molar-refractivity contribution is 4.66. The summed E-state index contributed by atoms with van der Waals surface area (Å²) in [6.07, 6.45) is 2.47. The van der Waals surface area contributed by atoms with E-state index in [1.165, 1.54) is 12.8 Å². The zero-order valence-corrected chi connectivity index (χ0v) is 11.8. The molecule has 0 fully saturated rings. The van der Waals surface area contributed by atoms with Gasteiger partial charge in [0.25, 0.3) is 0 Å². The summed E-state index contributed by atoms with van der Waals surface area (Å²) >= 11 is 0. The topological polar surface area (TPSA) is 9.23 Å². The second-order valence-corrected chi connectivity index (χ2v) is 7.27. The van der Waals surface area contributed by atoms with Gasteiger partial charge in [-0.15, -0.1) is 0 Å². The monoisotopic (exact) mass is 214 g/mol. The van der Waals surface area contributed by atoms with E-state index in [1.807, 2.05) is 0 Å². The standard InChI is InChI=1S/C14H30O/c1-12(10-13(2,3)4)8-9-15-11-14(5,6)7/h12H,8-11H2,1-7H3/t12-/m1/s1. The summed E-state index contributed by atoms with van der Waals surface area (Å²) < 4.78 is 5.68. The van der Waals surface area contributed by atoms with E-state index in [-0.39, 0.29) is 0 Å². The molecule has 0 aromatic carbocycles. The molecule has 0 bridgehead atoms. The SMILES string of the molecule is C[C@H](CCOCC(C)(C)C)CC(C)(C)C. The molecule has 0 heterocycles. The number of hydrogen-bond donors (Lipinski definition) is 0. The Morgan fingerprint density at radius 3 is 1.87 bits per heavy atom. The van der Waals surface area contributed by atoms with Crippen LogP contribution in [0.15, 0.2) is 0 Å². The van der Waals surface area contributed by atoms with Gasteiger partial charge in [-0.3, -0.25) is 0 Å². The molecule has 0 aromatic rings. The molecule has 0 aliphatic carbocycles. The van der Waals surface area contributed by atoms with Crippen LogP contribution < -0.4 is 0 Å². The Balaban J connectivity index is 3.52. The third-order valence-electron chi connectivity index (χ3n) is 2.25. The number of ether oxygens (including phenoxy) is 1. The van der Waals surface area contributed by atoms with Gasteiger partial charge >= 0.3 is 0 Å². The van der Waals surface area contributed by atoms with Crippen molar-refractivity contribution in [3.63, 3.8) is 0 Å². The molecule has 0 unspecified atom stereocenters. The molecule has 0 N–H and O–H groups in total. The number of hydrogen-bond acceptors (Lipinski definition) is 1. The first kappa shape index (κ1) is 15.0. The van der Waals surface area contributed by atoms with Gasteiger partial charge in [-0.05, 0) is 29.6 Å². The number of rotatable bonds is 5. The average Bonchev–Trinajstić information content (AvgIpc) is 1.92. The molecule has 0 spiro atoms. The van der Waals surface area contributed by atoms with E-state index in [0.29, 0.717) is 10.8 Å². The fourth-order valence-corrected chi connectivity index (χ4v) is 1.81. The van der Waals surface area contributed by atoms with Gasteiger partial charge in [0, 0.05) is 6.61 Å². The van der Waals surface area contributed by atoms with E-state index in [4.69, 9.17) is 4.74 Å². The summed E-state index contributed by atoms with van der Waals surface area (Å²) in [7, 11) is 0. The summed E-state index contributed by atoms with van der Waals surface area (Å²) in [4.78, 5) is 0. The molecule has 0 aliphatic heterocycles. The van der Waals surface area contributed by atoms with Crippen molar-refractivity contribution in [3.05, 3.63) is 0 Å². The minimum absolute atomic E-state index is 0.299. The molecular weight excluding hydrogens is 184 g/mol. The molecule has 1 atom stereocenters. The van der Waals surface area contributed by atoms with Gasteiger partial charge in [0.2, 0.25) is 0 Å². The van der Waals surface area contributed by atoms with Crippen LogP contribution in [0.5, 0.6) is 0 Å². The van der Waals surface area contributed by atoms with Gasteiger partial charge in [0.15, 0.2) is 0 Å². The summed E-state index contributed by atoms with van der Waals surface area (Å²) in [6, 6.07) is 0. The van der Waals surface area contributed by atoms with Crippen molar-refractivity contribution < 1.29 is 4.74 Å². The van der Waals surface area contributed by atoms with E-state index in [2.05, 4.69) is 48.5 Å².